The smallest absolute Gasteiger partial charge is 0.307 e. The minimum atomic E-state index is -0.396. The third kappa shape index (κ3) is 12.9. The van der Waals surface area contributed by atoms with E-state index in [1.165, 1.54) is 12.2 Å². The number of isocyanates is 2. The highest BCUT2D eigenvalue weighted by Crippen LogP contribution is 2.11. The number of aliphatic imine (C=N–C) groups is 2. The van der Waals surface area contributed by atoms with Gasteiger partial charge in [0, 0.05) is 20.1 Å². The lowest BCUT2D eigenvalue weighted by Crippen LogP contribution is -2.15. The van der Waals surface area contributed by atoms with Gasteiger partial charge in [0.15, 0.2) is 0 Å². The minimum absolute atomic E-state index is 0.0781. The molecule has 1 atom stereocenters. The van der Waals surface area contributed by atoms with E-state index in [9.17, 15) is 14.4 Å². The molecule has 0 radical (unpaired) electrons. The maximum absolute atomic E-state index is 11.6. The van der Waals surface area contributed by atoms with E-state index in [0.29, 0.717) is 32.6 Å². The summed E-state index contributed by atoms with van der Waals surface area (Å²) in [5, 5.41) is 0. The molecular weight excluding hydrogens is 276 g/mol. The van der Waals surface area contributed by atoms with E-state index in [-0.39, 0.29) is 12.4 Å². The fourth-order valence-electron chi connectivity index (χ4n) is 1.72. The van der Waals surface area contributed by atoms with Crippen LogP contribution in [0.25, 0.3) is 0 Å². The van der Waals surface area contributed by atoms with Crippen LogP contribution in [0.15, 0.2) is 9.98 Å². The van der Waals surface area contributed by atoms with Gasteiger partial charge in [-0.3, -0.25) is 4.79 Å². The molecule has 0 spiro atoms. The van der Waals surface area contributed by atoms with Gasteiger partial charge < -0.3 is 9.47 Å². The number of ether oxygens (including phenoxy) is 2. The summed E-state index contributed by atoms with van der Waals surface area (Å²) in [4.78, 5) is 38.8. The SMILES string of the molecule is COCCCOC(=O)CC(CCCCCN=C=O)N=C=O. The summed E-state index contributed by atoms with van der Waals surface area (Å²) in [6, 6.07) is -0.396. The Bertz CT molecular complexity index is 374. The van der Waals surface area contributed by atoms with Crippen molar-refractivity contribution in [3.8, 4) is 0 Å². The van der Waals surface area contributed by atoms with Gasteiger partial charge in [-0.05, 0) is 12.8 Å². The van der Waals surface area contributed by atoms with Crippen LogP contribution in [-0.4, -0.2) is 51.0 Å². The molecule has 21 heavy (non-hydrogen) atoms. The molecule has 0 aliphatic rings. The Hall–Kier alpha value is -1.81. The van der Waals surface area contributed by atoms with Crippen LogP contribution < -0.4 is 0 Å². The van der Waals surface area contributed by atoms with Crippen LogP contribution in [0.3, 0.4) is 0 Å². The number of esters is 1. The van der Waals surface area contributed by atoms with E-state index in [1.807, 2.05) is 0 Å². The fraction of sp³-hybridized carbons (Fsp3) is 0.786. The van der Waals surface area contributed by atoms with Crippen LogP contribution >= 0.6 is 0 Å². The lowest BCUT2D eigenvalue weighted by atomic mass is 10.1. The van der Waals surface area contributed by atoms with Crippen molar-refractivity contribution in [2.45, 2.75) is 44.6 Å². The molecule has 0 rings (SSSR count). The maximum Gasteiger partial charge on any atom is 0.307 e. The zero-order chi connectivity index (χ0) is 15.8. The molecule has 1 unspecified atom stereocenters. The van der Waals surface area contributed by atoms with Gasteiger partial charge in [-0.2, -0.15) is 0 Å². The van der Waals surface area contributed by atoms with Gasteiger partial charge in [-0.15, -0.1) is 0 Å². The third-order valence-electron chi connectivity index (χ3n) is 2.77. The molecule has 0 aliphatic carbocycles. The molecule has 0 fully saturated rings. The van der Waals surface area contributed by atoms with Crippen molar-refractivity contribution in [1.82, 2.24) is 0 Å². The van der Waals surface area contributed by atoms with Crippen molar-refractivity contribution in [2.75, 3.05) is 26.9 Å². The van der Waals surface area contributed by atoms with E-state index in [2.05, 4.69) is 9.98 Å². The first-order valence-corrected chi connectivity index (χ1v) is 6.99. The Kier molecular flexibility index (Phi) is 13.3. The second kappa shape index (κ2) is 14.6. The lowest BCUT2D eigenvalue weighted by molar-refractivity contribution is -0.144. The van der Waals surface area contributed by atoms with Gasteiger partial charge in [-0.25, -0.2) is 19.6 Å². The van der Waals surface area contributed by atoms with Gasteiger partial charge in [0.1, 0.15) is 0 Å². The largest absolute Gasteiger partial charge is 0.466 e. The maximum atomic E-state index is 11.6. The first kappa shape index (κ1) is 19.2. The second-order valence-corrected chi connectivity index (χ2v) is 4.47. The molecular formula is C14H22N2O5. The number of carbonyl (C=O) groups excluding carboxylic acids is 3. The average molecular weight is 298 g/mol. The van der Waals surface area contributed by atoms with E-state index in [4.69, 9.17) is 9.47 Å². The van der Waals surface area contributed by atoms with E-state index >= 15 is 0 Å². The molecule has 0 amide bonds. The summed E-state index contributed by atoms with van der Waals surface area (Å²) >= 11 is 0. The first-order chi connectivity index (χ1) is 10.2. The van der Waals surface area contributed by atoms with Crippen molar-refractivity contribution >= 4 is 18.1 Å². The second-order valence-electron chi connectivity index (χ2n) is 4.47. The summed E-state index contributed by atoms with van der Waals surface area (Å²) in [5.41, 5.74) is 0. The Morgan fingerprint density at radius 1 is 1.10 bits per heavy atom. The zero-order valence-electron chi connectivity index (χ0n) is 12.4. The number of nitrogens with zero attached hydrogens (tertiary/aromatic N) is 2. The normalized spacial score (nSPS) is 11.1. The van der Waals surface area contributed by atoms with Crippen molar-refractivity contribution in [2.24, 2.45) is 9.98 Å². The summed E-state index contributed by atoms with van der Waals surface area (Å²) in [6.45, 7) is 1.28. The van der Waals surface area contributed by atoms with Crippen LogP contribution in [0.2, 0.25) is 0 Å². The van der Waals surface area contributed by atoms with Crippen molar-refractivity contribution in [3.63, 3.8) is 0 Å². The molecule has 0 aromatic heterocycles. The Morgan fingerprint density at radius 3 is 2.57 bits per heavy atom. The molecule has 0 aliphatic heterocycles. The number of methoxy groups -OCH3 is 1. The van der Waals surface area contributed by atoms with Gasteiger partial charge in [0.25, 0.3) is 0 Å². The lowest BCUT2D eigenvalue weighted by Gasteiger charge is -2.10. The van der Waals surface area contributed by atoms with E-state index in [1.54, 1.807) is 7.11 Å². The van der Waals surface area contributed by atoms with Crippen LogP contribution in [-0.2, 0) is 23.9 Å². The number of hydrogen-bond donors (Lipinski definition) is 0. The van der Waals surface area contributed by atoms with Gasteiger partial charge in [0.2, 0.25) is 12.2 Å². The highest BCUT2D eigenvalue weighted by molar-refractivity contribution is 5.70. The Balaban J connectivity index is 3.86. The molecule has 0 heterocycles. The minimum Gasteiger partial charge on any atom is -0.466 e. The zero-order valence-corrected chi connectivity index (χ0v) is 12.4. The van der Waals surface area contributed by atoms with Crippen LogP contribution in [0, 0.1) is 0 Å². The fourth-order valence-corrected chi connectivity index (χ4v) is 1.72. The van der Waals surface area contributed by atoms with E-state index < -0.39 is 6.04 Å². The van der Waals surface area contributed by atoms with Crippen LogP contribution in [0.4, 0.5) is 0 Å². The van der Waals surface area contributed by atoms with Crippen molar-refractivity contribution in [3.05, 3.63) is 0 Å². The molecule has 0 aromatic rings. The van der Waals surface area contributed by atoms with E-state index in [0.717, 1.165) is 19.3 Å². The van der Waals surface area contributed by atoms with Crippen molar-refractivity contribution < 1.29 is 23.9 Å². The van der Waals surface area contributed by atoms with Gasteiger partial charge in [0.05, 0.1) is 25.6 Å². The highest BCUT2D eigenvalue weighted by atomic mass is 16.5. The van der Waals surface area contributed by atoms with Gasteiger partial charge >= 0.3 is 5.97 Å². The molecule has 0 aromatic carbocycles. The van der Waals surface area contributed by atoms with Crippen LogP contribution in [0.1, 0.15) is 38.5 Å². The summed E-state index contributed by atoms with van der Waals surface area (Å²) in [7, 11) is 1.58. The molecule has 7 nitrogen and oxygen atoms in total. The molecule has 7 heteroatoms. The Labute approximate surface area is 124 Å². The topological polar surface area (TPSA) is 94.4 Å². The number of unbranched alkanes of at least 4 members (excludes halogenated alkanes) is 2. The predicted octanol–water partition coefficient (Wildman–Crippen LogP) is 1.56. The number of hydrogen-bond acceptors (Lipinski definition) is 7. The molecule has 118 valence electrons. The molecule has 0 N–H and O–H groups in total. The standard InChI is InChI=1S/C14H22N2O5/c1-20-8-5-9-21-14(19)10-13(16-12-18)6-3-2-4-7-15-11-17/h13H,2-10H2,1H3. The van der Waals surface area contributed by atoms with Crippen LogP contribution in [0.5, 0.6) is 0 Å². The molecule has 0 bridgehead atoms. The first-order valence-electron chi connectivity index (χ1n) is 6.99. The number of carbonyl (C=O) groups is 1. The summed E-state index contributed by atoms with van der Waals surface area (Å²) in [6.07, 6.45) is 6.70. The number of rotatable bonds is 13. The average Bonchev–Trinajstić information content (AvgIpc) is 2.47. The van der Waals surface area contributed by atoms with Gasteiger partial charge in [-0.1, -0.05) is 12.8 Å². The Morgan fingerprint density at radius 2 is 1.90 bits per heavy atom. The quantitative estimate of drug-likeness (QED) is 0.222. The molecule has 0 saturated heterocycles. The monoisotopic (exact) mass is 298 g/mol. The summed E-state index contributed by atoms with van der Waals surface area (Å²) in [5.74, 6) is -0.374. The highest BCUT2D eigenvalue weighted by Gasteiger charge is 2.13. The molecule has 0 saturated carbocycles. The summed E-state index contributed by atoms with van der Waals surface area (Å²) < 4.78 is 9.86. The predicted molar refractivity (Wildman–Crippen MR) is 75.4 cm³/mol. The van der Waals surface area contributed by atoms with Crippen molar-refractivity contribution in [1.29, 1.82) is 0 Å². The third-order valence-corrected chi connectivity index (χ3v) is 2.77.